The quantitative estimate of drug-likeness (QED) is 0.129. The summed E-state index contributed by atoms with van der Waals surface area (Å²) < 4.78 is 50.8. The summed E-state index contributed by atoms with van der Waals surface area (Å²) in [6, 6.07) is 15.0. The average Bonchev–Trinajstić information content (AvgIpc) is 3.50. The number of hydrogen-bond acceptors (Lipinski definition) is 13. The second kappa shape index (κ2) is 18.6. The lowest BCUT2D eigenvalue weighted by Crippen LogP contribution is -2.25. The number of nitrogens with one attached hydrogen (secondary N) is 1. The van der Waals surface area contributed by atoms with E-state index >= 15 is 0 Å². The molecule has 0 fully saturated rings. The summed E-state index contributed by atoms with van der Waals surface area (Å²) in [5.41, 5.74) is 2.68. The summed E-state index contributed by atoms with van der Waals surface area (Å²) in [5.74, 6) is 1.60. The third-order valence-corrected chi connectivity index (χ3v) is 5.78. The van der Waals surface area contributed by atoms with Gasteiger partial charge in [-0.3, -0.25) is 0 Å². The first-order valence-corrected chi connectivity index (χ1v) is 16.4. The van der Waals surface area contributed by atoms with E-state index < -0.39 is 20.2 Å². The largest absolute Gasteiger partial charge is 0.707 e. The minimum absolute atomic E-state index is 0.681. The van der Waals surface area contributed by atoms with Crippen molar-refractivity contribution in [2.45, 2.75) is 0 Å². The van der Waals surface area contributed by atoms with Gasteiger partial charge in [0.15, 0.2) is 0 Å². The zero-order chi connectivity index (χ0) is 34.2. The highest BCUT2D eigenvalue weighted by Gasteiger charge is 2.11. The van der Waals surface area contributed by atoms with E-state index in [9.17, 15) is 16.8 Å². The predicted molar refractivity (Wildman–Crippen MR) is 161 cm³/mol. The van der Waals surface area contributed by atoms with Crippen LogP contribution in [0.15, 0.2) is 93.8 Å². The standard InChI is InChI=1S/C12H15N5.C11H12ClN4.2CH4O4S/c1-13-10-4-6-11(7-5-10)14-15-12-16(2)8-9-17(12)3;1-15-7-8-16(2)11(15)14-13-10-5-3-9(12)4-6-10;2*1-6(3,4)5-2/h4-9H,1-3H3;3-8H,1-2H3;2*2H,1H3/q;+1;;/p-1. The fraction of sp³-hybridized carbons (Fsp3) is 0.280. The molecule has 2 aromatic heterocycles. The molecule has 0 aliphatic heterocycles. The van der Waals surface area contributed by atoms with E-state index in [0.717, 1.165) is 29.0 Å². The molecule has 1 N–H and O–H groups in total. The number of benzene rings is 2. The molecule has 17 nitrogen and oxygen atoms in total. The Balaban J connectivity index is 0.000000334. The number of azo groups is 2. The molecule has 2 heterocycles. The van der Waals surface area contributed by atoms with Gasteiger partial charge in [-0.1, -0.05) is 21.8 Å². The molecule has 4 rings (SSSR count). The molecule has 0 aliphatic carbocycles. The monoisotopic (exact) mass is 687 g/mol. The molecule has 45 heavy (non-hydrogen) atoms. The van der Waals surface area contributed by atoms with Crippen molar-refractivity contribution in [2.24, 2.45) is 48.6 Å². The maximum atomic E-state index is 9.47. The molecule has 0 unspecified atom stereocenters. The summed E-state index contributed by atoms with van der Waals surface area (Å²) in [5, 5.41) is 38.2. The van der Waals surface area contributed by atoms with Crippen LogP contribution in [0, 0.1) is 0 Å². The van der Waals surface area contributed by atoms with Crippen LogP contribution in [-0.4, -0.2) is 45.5 Å². The van der Waals surface area contributed by atoms with Crippen LogP contribution < -0.4 is 25.0 Å². The molecule has 246 valence electrons. The Bertz CT molecular complexity index is 1690. The van der Waals surface area contributed by atoms with Crippen LogP contribution in [0.5, 0.6) is 0 Å². The minimum Gasteiger partial charge on any atom is -0.707 e. The Kier molecular flexibility index (Phi) is 16.1. The molecule has 0 amide bonds. The van der Waals surface area contributed by atoms with E-state index in [2.05, 4.69) is 34.4 Å². The zero-order valence-electron chi connectivity index (χ0n) is 25.5. The van der Waals surface area contributed by atoms with E-state index in [1.165, 1.54) is 0 Å². The lowest BCUT2D eigenvalue weighted by Gasteiger charge is -1.97. The van der Waals surface area contributed by atoms with Crippen LogP contribution in [-0.2, 0) is 57.1 Å². The van der Waals surface area contributed by atoms with Crippen molar-refractivity contribution in [3.63, 3.8) is 0 Å². The number of aryl methyl sites for hydroxylation is 4. The number of hydrogen-bond donors (Lipinski definition) is 1. The zero-order valence-corrected chi connectivity index (χ0v) is 27.9. The van der Waals surface area contributed by atoms with E-state index in [-0.39, 0.29) is 0 Å². The van der Waals surface area contributed by atoms with Crippen molar-refractivity contribution in [3.05, 3.63) is 78.3 Å². The van der Waals surface area contributed by atoms with Gasteiger partial charge in [-0.25, -0.2) is 35.1 Å². The number of nitrogens with zero attached hydrogens (tertiary/aromatic N) is 8. The van der Waals surface area contributed by atoms with Crippen LogP contribution in [0.3, 0.4) is 0 Å². The highest BCUT2D eigenvalue weighted by atomic mass is 35.5. The lowest BCUT2D eigenvalue weighted by molar-refractivity contribution is -0.657. The highest BCUT2D eigenvalue weighted by molar-refractivity contribution is 7.86. The van der Waals surface area contributed by atoms with Gasteiger partial charge in [-0.15, -0.1) is 0 Å². The van der Waals surface area contributed by atoms with Crippen LogP contribution in [0.2, 0.25) is 5.02 Å². The summed E-state index contributed by atoms with van der Waals surface area (Å²) >= 11 is 5.78. The van der Waals surface area contributed by atoms with Gasteiger partial charge in [0.1, 0.15) is 11.4 Å². The maximum Gasteiger partial charge on any atom is 0.421 e. The number of halogens is 1. The highest BCUT2D eigenvalue weighted by Crippen LogP contribution is 2.19. The Hall–Kier alpha value is -4.11. The van der Waals surface area contributed by atoms with E-state index in [0.29, 0.717) is 17.5 Å². The van der Waals surface area contributed by atoms with Crippen LogP contribution in [0.1, 0.15) is 0 Å². The van der Waals surface area contributed by atoms with Gasteiger partial charge >= 0.3 is 11.9 Å². The predicted octanol–water partition coefficient (Wildman–Crippen LogP) is 1.70. The Morgan fingerprint density at radius 1 is 0.711 bits per heavy atom. The van der Waals surface area contributed by atoms with Crippen LogP contribution >= 0.6 is 11.6 Å². The number of rotatable bonds is 7. The second-order valence-electron chi connectivity index (χ2n) is 8.86. The number of imidazole rings is 2. The molecule has 2 aromatic carbocycles. The van der Waals surface area contributed by atoms with Gasteiger partial charge in [0.05, 0.1) is 65.5 Å². The summed E-state index contributed by atoms with van der Waals surface area (Å²) in [4.78, 5) is 0. The molecule has 0 radical (unpaired) electrons. The molecular formula is C25H34ClN9O8S2. The molecular weight excluding hydrogens is 654 g/mol. The fourth-order valence-corrected chi connectivity index (χ4v) is 2.98. The topological polar surface area (TPSA) is 212 Å². The SMILES string of the molecule is CNc1ccc(N=Nc2n(C)cc[n+]2C)cc1.CS(=O)(=O)O[O-].CS(=O)(=O)O[O-].Cn1cc[n+](C)c1N=Nc1ccc(Cl)cc1. The van der Waals surface area contributed by atoms with Crippen molar-refractivity contribution < 1.29 is 45.2 Å². The fourth-order valence-electron chi connectivity index (χ4n) is 2.85. The maximum absolute atomic E-state index is 9.47. The van der Waals surface area contributed by atoms with Crippen molar-refractivity contribution in [1.82, 2.24) is 9.13 Å². The van der Waals surface area contributed by atoms with Gasteiger partial charge in [0, 0.05) is 28.0 Å². The van der Waals surface area contributed by atoms with Crippen molar-refractivity contribution in [2.75, 3.05) is 24.9 Å². The first-order chi connectivity index (χ1) is 21.0. The normalized spacial score (nSPS) is 11.2. The van der Waals surface area contributed by atoms with Gasteiger partial charge in [-0.2, -0.15) is 0 Å². The van der Waals surface area contributed by atoms with E-state index in [1.54, 1.807) is 12.1 Å². The van der Waals surface area contributed by atoms with Crippen LogP contribution in [0.4, 0.5) is 29.0 Å². The average molecular weight is 688 g/mol. The van der Waals surface area contributed by atoms with Crippen LogP contribution in [0.25, 0.3) is 0 Å². The summed E-state index contributed by atoms with van der Waals surface area (Å²) in [6.07, 6.45) is 9.10. The molecule has 0 aliphatic rings. The van der Waals surface area contributed by atoms with Gasteiger partial charge in [0.2, 0.25) is 0 Å². The first kappa shape index (κ1) is 38.9. The number of anilines is 1. The van der Waals surface area contributed by atoms with Gasteiger partial charge in [-0.05, 0) is 48.5 Å². The third kappa shape index (κ3) is 16.0. The van der Waals surface area contributed by atoms with Crippen molar-refractivity contribution >= 4 is 60.8 Å². The van der Waals surface area contributed by atoms with Gasteiger partial charge in [0.25, 0.3) is 20.2 Å². The smallest absolute Gasteiger partial charge is 0.421 e. The molecule has 0 saturated carbocycles. The lowest BCUT2D eigenvalue weighted by atomic mass is 10.3. The van der Waals surface area contributed by atoms with E-state index in [4.69, 9.17) is 22.1 Å². The second-order valence-corrected chi connectivity index (χ2v) is 12.4. The summed E-state index contributed by atoms with van der Waals surface area (Å²) in [7, 11) is 2.19. The Morgan fingerprint density at radius 2 is 1.04 bits per heavy atom. The molecule has 0 atom stereocenters. The molecule has 4 aromatic rings. The molecule has 20 heteroatoms. The Labute approximate surface area is 266 Å². The number of aromatic nitrogens is 4. The first-order valence-electron chi connectivity index (χ1n) is 12.4. The summed E-state index contributed by atoms with van der Waals surface area (Å²) in [6.45, 7) is 0. The minimum atomic E-state index is -3.72. The van der Waals surface area contributed by atoms with E-state index in [1.807, 2.05) is 115 Å². The molecule has 0 saturated heterocycles. The Morgan fingerprint density at radius 3 is 1.31 bits per heavy atom. The van der Waals surface area contributed by atoms with Crippen molar-refractivity contribution in [3.8, 4) is 0 Å². The molecule has 0 bridgehead atoms. The third-order valence-electron chi connectivity index (χ3n) is 5.03. The van der Waals surface area contributed by atoms with Crippen molar-refractivity contribution in [1.29, 1.82) is 0 Å². The van der Waals surface area contributed by atoms with Gasteiger partial charge < -0.3 is 24.5 Å². The molecule has 0 spiro atoms.